The smallest absolute Gasteiger partial charge is 0.000116 e. The van der Waals surface area contributed by atoms with Crippen molar-refractivity contribution in [2.24, 2.45) is 0 Å². The lowest BCUT2D eigenvalue weighted by atomic mass is 9.76. The van der Waals surface area contributed by atoms with Gasteiger partial charge in [0.15, 0.2) is 0 Å². The van der Waals surface area contributed by atoms with Crippen molar-refractivity contribution in [1.82, 2.24) is 0 Å². The second-order valence-corrected chi connectivity index (χ2v) is 12.0. The molecule has 0 heterocycles. The van der Waals surface area contributed by atoms with Gasteiger partial charge in [-0.05, 0) is 87.6 Å². The lowest BCUT2D eigenvalue weighted by molar-refractivity contribution is 1.57. The van der Waals surface area contributed by atoms with E-state index in [-0.39, 0.29) is 0 Å². The highest BCUT2D eigenvalue weighted by Gasteiger charge is 2.27. The summed E-state index contributed by atoms with van der Waals surface area (Å²) in [5, 5.41) is 10.3. The second-order valence-electron chi connectivity index (χ2n) is 12.0. The first kappa shape index (κ1) is 26.4. The Morgan fingerprint density at radius 1 is 0.196 bits per heavy atom. The quantitative estimate of drug-likeness (QED) is 0.181. The largest absolute Gasteiger partial charge is 0.0622 e. The summed E-state index contributed by atoms with van der Waals surface area (Å²) in [6, 6.07) is 66.5. The molecular formula is C46H30. The van der Waals surface area contributed by atoms with Gasteiger partial charge >= 0.3 is 0 Å². The van der Waals surface area contributed by atoms with E-state index in [0.29, 0.717) is 0 Å². The maximum Gasteiger partial charge on any atom is -0.000116 e. The highest BCUT2D eigenvalue weighted by atomic mass is 14.3. The molecule has 214 valence electrons. The van der Waals surface area contributed by atoms with Crippen LogP contribution in [0.3, 0.4) is 0 Å². The lowest BCUT2D eigenvalue weighted by Gasteiger charge is -2.27. The van der Waals surface area contributed by atoms with Gasteiger partial charge in [-0.15, -0.1) is 0 Å². The van der Waals surface area contributed by atoms with Gasteiger partial charge in [-0.3, -0.25) is 0 Å². The van der Waals surface area contributed by atoms with E-state index in [1.165, 1.54) is 87.6 Å². The lowest BCUT2D eigenvalue weighted by Crippen LogP contribution is -1.99. The molecule has 46 heavy (non-hydrogen) atoms. The predicted molar refractivity (Wildman–Crippen MR) is 198 cm³/mol. The van der Waals surface area contributed by atoms with E-state index < -0.39 is 0 Å². The Hall–Kier alpha value is -5.98. The van der Waals surface area contributed by atoms with Crippen molar-refractivity contribution >= 4 is 43.1 Å². The molecule has 0 aliphatic heterocycles. The predicted octanol–water partition coefficient (Wildman–Crippen LogP) is 13.0. The van der Waals surface area contributed by atoms with Crippen molar-refractivity contribution in [2.45, 2.75) is 0 Å². The van der Waals surface area contributed by atoms with Crippen LogP contribution in [0.5, 0.6) is 0 Å². The van der Waals surface area contributed by atoms with Gasteiger partial charge in [0.25, 0.3) is 0 Å². The van der Waals surface area contributed by atoms with Gasteiger partial charge in [-0.1, -0.05) is 182 Å². The van der Waals surface area contributed by atoms with Crippen molar-refractivity contribution in [2.75, 3.05) is 0 Å². The molecule has 0 amide bonds. The van der Waals surface area contributed by atoms with E-state index in [9.17, 15) is 0 Å². The molecule has 0 radical (unpaired) electrons. The summed E-state index contributed by atoms with van der Waals surface area (Å²) < 4.78 is 0. The Morgan fingerprint density at radius 2 is 0.565 bits per heavy atom. The summed E-state index contributed by atoms with van der Waals surface area (Å²) in [7, 11) is 0. The zero-order valence-corrected chi connectivity index (χ0v) is 25.3. The molecule has 0 spiro atoms. The van der Waals surface area contributed by atoms with Gasteiger partial charge in [-0.2, -0.15) is 0 Å². The fourth-order valence-corrected chi connectivity index (χ4v) is 7.54. The fourth-order valence-electron chi connectivity index (χ4n) is 7.54. The van der Waals surface area contributed by atoms with Gasteiger partial charge in [0.2, 0.25) is 0 Å². The van der Waals surface area contributed by atoms with Crippen LogP contribution in [0.1, 0.15) is 0 Å². The van der Waals surface area contributed by atoms with Crippen molar-refractivity contribution in [3.63, 3.8) is 0 Å². The summed E-state index contributed by atoms with van der Waals surface area (Å²) in [5.74, 6) is 0. The van der Waals surface area contributed by atoms with Gasteiger partial charge in [0, 0.05) is 0 Å². The molecule has 9 rings (SSSR count). The Kier molecular flexibility index (Phi) is 6.25. The maximum absolute atomic E-state index is 2.34. The van der Waals surface area contributed by atoms with Crippen molar-refractivity contribution in [3.05, 3.63) is 182 Å². The van der Waals surface area contributed by atoms with E-state index in [1.807, 2.05) is 0 Å². The summed E-state index contributed by atoms with van der Waals surface area (Å²) >= 11 is 0. The summed E-state index contributed by atoms with van der Waals surface area (Å²) in [6.45, 7) is 0. The van der Waals surface area contributed by atoms with Crippen LogP contribution in [0.15, 0.2) is 182 Å². The summed E-state index contributed by atoms with van der Waals surface area (Å²) in [5.41, 5.74) is 9.91. The molecule has 9 aromatic rings. The van der Waals surface area contributed by atoms with Gasteiger partial charge < -0.3 is 0 Å². The maximum atomic E-state index is 2.34. The van der Waals surface area contributed by atoms with Crippen LogP contribution >= 0.6 is 0 Å². The Labute approximate surface area is 268 Å². The first-order valence-electron chi connectivity index (χ1n) is 16.0. The number of fused-ring (bicyclic) bond motifs is 8. The van der Waals surface area contributed by atoms with E-state index in [0.717, 1.165) is 0 Å². The highest BCUT2D eigenvalue weighted by Crippen LogP contribution is 2.55. The van der Waals surface area contributed by atoms with Crippen LogP contribution in [0.2, 0.25) is 0 Å². The average Bonchev–Trinajstić information content (AvgIpc) is 3.15. The third-order valence-corrected chi connectivity index (χ3v) is 9.42. The van der Waals surface area contributed by atoms with Crippen molar-refractivity contribution < 1.29 is 0 Å². The Bertz CT molecular complexity index is 2520. The minimum absolute atomic E-state index is 1.21. The molecule has 0 saturated carbocycles. The highest BCUT2D eigenvalue weighted by molar-refractivity contribution is 6.38. The third-order valence-electron chi connectivity index (χ3n) is 9.42. The molecule has 0 fully saturated rings. The van der Waals surface area contributed by atoms with Gasteiger partial charge in [0.1, 0.15) is 0 Å². The summed E-state index contributed by atoms with van der Waals surface area (Å²) in [4.78, 5) is 0. The van der Waals surface area contributed by atoms with Crippen molar-refractivity contribution in [3.8, 4) is 44.5 Å². The van der Waals surface area contributed by atoms with Gasteiger partial charge in [0.05, 0.1) is 0 Å². The normalized spacial score (nSPS) is 11.5. The number of hydrogen-bond acceptors (Lipinski definition) is 0. The Morgan fingerprint density at radius 3 is 1.09 bits per heavy atom. The topological polar surface area (TPSA) is 0 Å². The Balaban J connectivity index is 1.71. The van der Waals surface area contributed by atoms with Crippen LogP contribution in [0.25, 0.3) is 87.6 Å². The molecule has 9 aromatic carbocycles. The van der Waals surface area contributed by atoms with Gasteiger partial charge in [-0.25, -0.2) is 0 Å². The molecule has 0 saturated heterocycles. The van der Waals surface area contributed by atoms with Crippen molar-refractivity contribution in [1.29, 1.82) is 0 Å². The van der Waals surface area contributed by atoms with E-state index in [4.69, 9.17) is 0 Å². The number of hydrogen-bond donors (Lipinski definition) is 0. The summed E-state index contributed by atoms with van der Waals surface area (Å²) in [6.07, 6.45) is 0. The van der Waals surface area contributed by atoms with Crippen LogP contribution in [-0.2, 0) is 0 Å². The first-order chi connectivity index (χ1) is 22.9. The molecule has 0 N–H and O–H groups in total. The minimum atomic E-state index is 1.21. The van der Waals surface area contributed by atoms with E-state index in [2.05, 4.69) is 182 Å². The fraction of sp³-hybridized carbons (Fsp3) is 0. The zero-order chi connectivity index (χ0) is 30.5. The molecule has 0 aliphatic rings. The van der Waals surface area contributed by atoms with E-state index >= 15 is 0 Å². The average molecular weight is 583 g/mol. The van der Waals surface area contributed by atoms with Crippen LogP contribution < -0.4 is 0 Å². The molecule has 0 aliphatic carbocycles. The molecule has 0 unspecified atom stereocenters. The standard InChI is InChI=1S/C46H30/c1-5-18-32(19-6-1)40-41(33-20-7-2-8-21-33)43(35-24-11-4-12-25-35)46-44-36-26-14-13-17-31(36)29-30-39(44)37-27-15-16-28-38(37)45(46)42(40)34-22-9-3-10-23-34/h1-30H. The zero-order valence-electron chi connectivity index (χ0n) is 25.3. The molecule has 0 atom stereocenters. The van der Waals surface area contributed by atoms with Crippen LogP contribution in [-0.4, -0.2) is 0 Å². The monoisotopic (exact) mass is 582 g/mol. The van der Waals surface area contributed by atoms with E-state index in [1.54, 1.807) is 0 Å². The number of rotatable bonds is 4. The molecular weight excluding hydrogens is 553 g/mol. The number of benzene rings is 9. The molecule has 0 bridgehead atoms. The minimum Gasteiger partial charge on any atom is -0.0622 e. The SMILES string of the molecule is c1ccc(-c2c(-c3ccccc3)c(-c3ccccc3)c3c(c2-c2ccccc2)c2ccccc2c2ccc4ccccc4c23)cc1. The molecule has 0 nitrogen and oxygen atoms in total. The first-order valence-corrected chi connectivity index (χ1v) is 16.0. The van der Waals surface area contributed by atoms with Crippen LogP contribution in [0.4, 0.5) is 0 Å². The second kappa shape index (κ2) is 10.9. The molecule has 0 heteroatoms. The molecule has 0 aromatic heterocycles. The van der Waals surface area contributed by atoms with Crippen LogP contribution in [0, 0.1) is 0 Å². The third kappa shape index (κ3) is 4.08.